The summed E-state index contributed by atoms with van der Waals surface area (Å²) in [7, 11) is 0. The molecule has 8 heterocycles. The van der Waals surface area contributed by atoms with Gasteiger partial charge in [0.25, 0.3) is 0 Å². The molecule has 6 aliphatic heterocycles. The number of halogens is 1. The molecule has 2 saturated carbocycles. The fourth-order valence-corrected chi connectivity index (χ4v) is 12.7. The van der Waals surface area contributed by atoms with Crippen LogP contribution in [0.1, 0.15) is 129 Å². The van der Waals surface area contributed by atoms with Gasteiger partial charge in [-0.05, 0) is 199 Å². The summed E-state index contributed by atoms with van der Waals surface area (Å²) >= 11 is 3.66. The molecule has 0 radical (unpaired) electrons. The van der Waals surface area contributed by atoms with Crippen molar-refractivity contribution >= 4 is 67.2 Å². The van der Waals surface area contributed by atoms with Gasteiger partial charge in [-0.1, -0.05) is 24.3 Å². The van der Waals surface area contributed by atoms with Gasteiger partial charge >= 0.3 is 6.15 Å². The minimum atomic E-state index is 0. The van der Waals surface area contributed by atoms with Crippen LogP contribution in [0.25, 0.3) is 20.2 Å². The molecule has 2 aromatic carbocycles. The number of thiophene rings is 2. The van der Waals surface area contributed by atoms with Crippen molar-refractivity contribution < 1.29 is 14.4 Å². The Morgan fingerprint density at radius 3 is 1.72 bits per heavy atom. The Morgan fingerprint density at radius 2 is 1.24 bits per heavy atom. The maximum Gasteiger partial charge on any atom is 0.373 e. The Balaban J connectivity index is 0.000000148. The molecule has 0 spiro atoms. The van der Waals surface area contributed by atoms with Crippen LogP contribution < -0.4 is 5.73 Å². The summed E-state index contributed by atoms with van der Waals surface area (Å²) in [6, 6.07) is 13.8. The number of piperidine rings is 6. The van der Waals surface area contributed by atoms with Crippen LogP contribution in [-0.2, 0) is 9.59 Å². The standard InChI is InChI=1S/C23H29NOS.C12H12S.C9H18N2.CO2.ClH/c1-14-4-5-17-12-20(26-22(17)21(14)16-6-7-16)19(25)13-18-15-8-10-24(11-9-15)23(18,2)3;1-8-2-3-10-6-7-13-12(10)11(8)9-4-5-9;1-9(2)8(10)7-3-5-11(9)6-4-7;2-1-3;/h4-5,12,15-16,18H,6-11,13H2,1-3H3;2-3,6-7,9H,4-5H2,1H3;7-8H,3-6,10H2,1-2H3;;1H/t18-;;8-;;/m1.1../s1. The van der Waals surface area contributed by atoms with E-state index in [1.807, 2.05) is 11.3 Å². The van der Waals surface area contributed by atoms with Crippen molar-refractivity contribution in [2.45, 2.75) is 128 Å². The molecular weight excluding hydrogens is 730 g/mol. The highest BCUT2D eigenvalue weighted by molar-refractivity contribution is 7.21. The van der Waals surface area contributed by atoms with Crippen LogP contribution in [0.2, 0.25) is 0 Å². The Hall–Kier alpha value is -2.42. The van der Waals surface area contributed by atoms with E-state index >= 15 is 0 Å². The summed E-state index contributed by atoms with van der Waals surface area (Å²) in [5.41, 5.74) is 12.6. The highest BCUT2D eigenvalue weighted by atomic mass is 35.5. The average Bonchev–Trinajstić information content (AvgIpc) is 4.07. The Bertz CT molecular complexity index is 1970. The third-order valence-corrected chi connectivity index (χ3v) is 16.2. The SMILES string of the molecule is CC1(C)[C@H](N)C2CCN1CC2.Cc1ccc2cc(C(=O)C[C@@H]3C4CCN(CC4)C3(C)C)sc2c1C1CC1.Cc1ccc2ccsc2c1C1CC1.Cl.O=C=O. The maximum atomic E-state index is 13.2. The number of aryl methyl sites for hydroxylation is 2. The summed E-state index contributed by atoms with van der Waals surface area (Å²) in [6.07, 6.45) is 11.6. The van der Waals surface area contributed by atoms with Gasteiger partial charge in [-0.15, -0.1) is 35.1 Å². The van der Waals surface area contributed by atoms with Crippen LogP contribution in [0.3, 0.4) is 0 Å². The first-order valence-electron chi connectivity index (χ1n) is 20.1. The number of rotatable bonds is 5. The number of nitrogens with zero attached hydrogens (tertiary/aromatic N) is 2. The Labute approximate surface area is 336 Å². The minimum absolute atomic E-state index is 0. The van der Waals surface area contributed by atoms with E-state index in [9.17, 15) is 4.79 Å². The van der Waals surface area contributed by atoms with Crippen molar-refractivity contribution in [1.82, 2.24) is 9.80 Å². The van der Waals surface area contributed by atoms with E-state index in [0.29, 0.717) is 17.7 Å². The molecular formula is C45H60ClN3O3S2. The molecule has 4 aromatic rings. The molecule has 6 saturated heterocycles. The van der Waals surface area contributed by atoms with Crippen molar-refractivity contribution in [1.29, 1.82) is 0 Å². The number of nitrogens with two attached hydrogens (primary N) is 1. The lowest BCUT2D eigenvalue weighted by Crippen LogP contribution is -2.67. The molecule has 0 amide bonds. The summed E-state index contributed by atoms with van der Waals surface area (Å²) in [4.78, 5) is 35.6. The molecule has 2 aromatic heterocycles. The number of hydrogen-bond donors (Lipinski definition) is 1. The van der Waals surface area contributed by atoms with E-state index < -0.39 is 0 Å². The highest BCUT2D eigenvalue weighted by Crippen LogP contribution is 2.49. The Morgan fingerprint density at radius 1 is 0.741 bits per heavy atom. The molecule has 6 nitrogen and oxygen atoms in total. The van der Waals surface area contributed by atoms with Gasteiger partial charge in [0, 0.05) is 32.9 Å². The van der Waals surface area contributed by atoms with Crippen molar-refractivity contribution in [2.24, 2.45) is 23.5 Å². The van der Waals surface area contributed by atoms with Crippen LogP contribution in [0, 0.1) is 31.6 Å². The molecule has 54 heavy (non-hydrogen) atoms. The van der Waals surface area contributed by atoms with E-state index in [2.05, 4.69) is 93.1 Å². The molecule has 0 unspecified atom stereocenters. The van der Waals surface area contributed by atoms with Crippen LogP contribution >= 0.6 is 35.1 Å². The number of carbonyl (C=O) groups is 1. The van der Waals surface area contributed by atoms with Gasteiger partial charge in [-0.2, -0.15) is 9.59 Å². The van der Waals surface area contributed by atoms with Gasteiger partial charge in [0.2, 0.25) is 0 Å². The predicted molar refractivity (Wildman–Crippen MR) is 226 cm³/mol. The summed E-state index contributed by atoms with van der Waals surface area (Å²) < 4.78 is 2.91. The molecule has 2 aliphatic carbocycles. The van der Waals surface area contributed by atoms with Crippen molar-refractivity contribution in [3.63, 3.8) is 0 Å². The third kappa shape index (κ3) is 8.18. The van der Waals surface area contributed by atoms with E-state index in [1.54, 1.807) is 16.9 Å². The van der Waals surface area contributed by atoms with Gasteiger partial charge in [0.1, 0.15) is 0 Å². The lowest BCUT2D eigenvalue weighted by Gasteiger charge is -2.56. The highest BCUT2D eigenvalue weighted by Gasteiger charge is 2.48. The quantitative estimate of drug-likeness (QED) is 0.203. The number of ketones is 1. The summed E-state index contributed by atoms with van der Waals surface area (Å²) in [5.74, 6) is 4.03. The van der Waals surface area contributed by atoms with Crippen molar-refractivity contribution in [3.8, 4) is 0 Å². The number of fused-ring (bicyclic) bond motifs is 8. The topological polar surface area (TPSA) is 83.7 Å². The first-order valence-corrected chi connectivity index (χ1v) is 21.8. The first-order chi connectivity index (χ1) is 25.3. The molecule has 8 fully saturated rings. The second kappa shape index (κ2) is 16.6. The van der Waals surface area contributed by atoms with Gasteiger partial charge in [0.15, 0.2) is 5.78 Å². The van der Waals surface area contributed by atoms with Gasteiger partial charge in [-0.25, -0.2) is 0 Å². The van der Waals surface area contributed by atoms with Crippen LogP contribution in [0.5, 0.6) is 0 Å². The first kappa shape index (κ1) is 41.2. The van der Waals surface area contributed by atoms with E-state index in [1.165, 1.54) is 114 Å². The van der Waals surface area contributed by atoms with Crippen LogP contribution in [-0.4, -0.2) is 65.0 Å². The maximum absolute atomic E-state index is 13.2. The fraction of sp³-hybridized carbons (Fsp3) is 0.600. The summed E-state index contributed by atoms with van der Waals surface area (Å²) in [5, 5.41) is 4.91. The van der Waals surface area contributed by atoms with Crippen molar-refractivity contribution in [2.75, 3.05) is 26.2 Å². The normalized spacial score (nSPS) is 28.4. The summed E-state index contributed by atoms with van der Waals surface area (Å²) in [6.45, 7) is 18.7. The predicted octanol–water partition coefficient (Wildman–Crippen LogP) is 10.5. The molecule has 2 N–H and O–H groups in total. The second-order valence-corrected chi connectivity index (χ2v) is 19.8. The monoisotopic (exact) mass is 789 g/mol. The third-order valence-electron chi connectivity index (χ3n) is 14.0. The van der Waals surface area contributed by atoms with E-state index in [4.69, 9.17) is 15.3 Å². The number of Topliss-reactive ketones (excluding diaryl/α,β-unsaturated/α-hetero) is 1. The zero-order chi connectivity index (χ0) is 37.7. The number of benzene rings is 2. The van der Waals surface area contributed by atoms with E-state index in [-0.39, 0.29) is 29.6 Å². The number of hydrogen-bond acceptors (Lipinski definition) is 8. The van der Waals surface area contributed by atoms with Crippen LogP contribution in [0.4, 0.5) is 0 Å². The van der Waals surface area contributed by atoms with E-state index in [0.717, 1.165) is 35.0 Å². The van der Waals surface area contributed by atoms with Gasteiger partial charge < -0.3 is 5.73 Å². The van der Waals surface area contributed by atoms with Crippen molar-refractivity contribution in [3.05, 3.63) is 68.9 Å². The lowest BCUT2D eigenvalue weighted by molar-refractivity contribution is -0.191. The molecule has 4 bridgehead atoms. The lowest BCUT2D eigenvalue weighted by atomic mass is 9.65. The molecule has 2 atom stereocenters. The molecule has 8 aliphatic rings. The smallest absolute Gasteiger partial charge is 0.326 e. The van der Waals surface area contributed by atoms with Gasteiger partial charge in [0.05, 0.1) is 4.88 Å². The zero-order valence-corrected chi connectivity index (χ0v) is 35.6. The largest absolute Gasteiger partial charge is 0.373 e. The number of carbonyl (C=O) groups excluding carboxylic acids is 3. The minimum Gasteiger partial charge on any atom is -0.326 e. The second-order valence-electron chi connectivity index (χ2n) is 17.8. The molecule has 9 heteroatoms. The molecule has 12 rings (SSSR count). The fourth-order valence-electron chi connectivity index (χ4n) is 10.3. The van der Waals surface area contributed by atoms with Crippen LogP contribution in [0.15, 0.2) is 41.8 Å². The average molecular weight is 791 g/mol. The Kier molecular flexibility index (Phi) is 12.7. The van der Waals surface area contributed by atoms with Gasteiger partial charge in [-0.3, -0.25) is 14.6 Å². The molecule has 292 valence electrons. The zero-order valence-electron chi connectivity index (χ0n) is 33.1.